The molecule has 0 aromatic heterocycles. The van der Waals surface area contributed by atoms with Gasteiger partial charge >= 0.3 is 0 Å². The number of hydrogen-bond donors (Lipinski definition) is 0. The fraction of sp³-hybridized carbons (Fsp3) is 0.400. The lowest BCUT2D eigenvalue weighted by Gasteiger charge is -2.12. The summed E-state index contributed by atoms with van der Waals surface area (Å²) in [5, 5.41) is 10.9. The molecular weight excluding hydrogens is 234 g/mol. The molecule has 0 saturated carbocycles. The molecule has 1 aromatic carbocycles. The van der Waals surface area contributed by atoms with Crippen LogP contribution in [0.1, 0.15) is 6.92 Å². The number of hydrogen-bond acceptors (Lipinski definition) is 4. The van der Waals surface area contributed by atoms with Crippen LogP contribution in [-0.2, 0) is 4.74 Å². The highest BCUT2D eigenvalue weighted by Gasteiger charge is 2.11. The molecule has 0 aliphatic rings. The monoisotopic (exact) mass is 245 g/mol. The number of nitrogens with zero attached hydrogens (tertiary/aromatic N) is 1. The van der Waals surface area contributed by atoms with E-state index in [1.54, 1.807) is 7.11 Å². The minimum atomic E-state index is -0.497. The highest BCUT2D eigenvalue weighted by atomic mass is 35.5. The zero-order valence-corrected chi connectivity index (χ0v) is 9.73. The van der Waals surface area contributed by atoms with Crippen molar-refractivity contribution in [3.05, 3.63) is 33.3 Å². The zero-order valence-electron chi connectivity index (χ0n) is 8.97. The summed E-state index contributed by atoms with van der Waals surface area (Å²) >= 11 is 5.84. The molecule has 16 heavy (non-hydrogen) atoms. The Labute approximate surface area is 98.1 Å². The summed E-state index contributed by atoms with van der Waals surface area (Å²) in [5.74, 6) is 0.291. The van der Waals surface area contributed by atoms with E-state index in [0.29, 0.717) is 10.8 Å². The van der Waals surface area contributed by atoms with Gasteiger partial charge in [-0.3, -0.25) is 10.1 Å². The summed E-state index contributed by atoms with van der Waals surface area (Å²) < 4.78 is 10.3. The molecule has 0 radical (unpaired) electrons. The van der Waals surface area contributed by atoms with Crippen molar-refractivity contribution in [2.45, 2.75) is 13.0 Å². The Kier molecular flexibility index (Phi) is 4.52. The van der Waals surface area contributed by atoms with E-state index in [9.17, 15) is 10.1 Å². The predicted octanol–water partition coefficient (Wildman–Crippen LogP) is 2.66. The van der Waals surface area contributed by atoms with E-state index in [-0.39, 0.29) is 18.4 Å². The molecule has 0 spiro atoms. The minimum Gasteiger partial charge on any atom is -0.489 e. The molecule has 0 aliphatic heterocycles. The fourth-order valence-corrected chi connectivity index (χ4v) is 1.16. The average Bonchev–Trinajstić information content (AvgIpc) is 2.27. The lowest BCUT2D eigenvalue weighted by atomic mass is 10.3. The maximum Gasteiger partial charge on any atom is 0.273 e. The van der Waals surface area contributed by atoms with Gasteiger partial charge in [-0.05, 0) is 13.0 Å². The number of ether oxygens (including phenoxy) is 2. The van der Waals surface area contributed by atoms with Gasteiger partial charge in [0, 0.05) is 13.2 Å². The second-order valence-electron chi connectivity index (χ2n) is 3.23. The first-order valence-electron chi connectivity index (χ1n) is 4.64. The molecule has 6 heteroatoms. The molecule has 88 valence electrons. The minimum absolute atomic E-state index is 0.0514. The van der Waals surface area contributed by atoms with Crippen molar-refractivity contribution in [1.29, 1.82) is 0 Å². The Morgan fingerprint density at radius 3 is 2.81 bits per heavy atom. The number of methoxy groups -OCH3 is 1. The molecule has 0 N–H and O–H groups in total. The van der Waals surface area contributed by atoms with Crippen molar-refractivity contribution in [3.63, 3.8) is 0 Å². The average molecular weight is 246 g/mol. The van der Waals surface area contributed by atoms with Gasteiger partial charge in [-0.15, -0.1) is 0 Å². The van der Waals surface area contributed by atoms with Gasteiger partial charge in [-0.2, -0.15) is 0 Å². The van der Waals surface area contributed by atoms with E-state index in [1.165, 1.54) is 18.2 Å². The molecule has 1 aromatic rings. The zero-order chi connectivity index (χ0) is 12.1. The van der Waals surface area contributed by atoms with Crippen molar-refractivity contribution in [3.8, 4) is 5.75 Å². The molecule has 0 bridgehead atoms. The van der Waals surface area contributed by atoms with Crippen molar-refractivity contribution >= 4 is 17.3 Å². The lowest BCUT2D eigenvalue weighted by Crippen LogP contribution is -2.16. The first kappa shape index (κ1) is 12.7. The van der Waals surface area contributed by atoms with Crippen molar-refractivity contribution in [2.75, 3.05) is 13.7 Å². The van der Waals surface area contributed by atoms with Crippen LogP contribution < -0.4 is 4.74 Å². The third kappa shape index (κ3) is 3.36. The number of nitro groups is 1. The van der Waals surface area contributed by atoms with E-state index in [2.05, 4.69) is 0 Å². The van der Waals surface area contributed by atoms with Gasteiger partial charge < -0.3 is 9.47 Å². The van der Waals surface area contributed by atoms with Gasteiger partial charge in [0.1, 0.15) is 12.4 Å². The SMILES string of the molecule is COC(C)COc1cc([N+](=O)[O-])ccc1Cl. The molecule has 0 heterocycles. The van der Waals surface area contributed by atoms with E-state index < -0.39 is 4.92 Å². The van der Waals surface area contributed by atoms with E-state index >= 15 is 0 Å². The number of nitro benzene ring substituents is 1. The van der Waals surface area contributed by atoms with E-state index in [4.69, 9.17) is 21.1 Å². The molecule has 0 saturated heterocycles. The summed E-state index contributed by atoms with van der Waals surface area (Å²) in [7, 11) is 1.56. The molecule has 0 amide bonds. The van der Waals surface area contributed by atoms with Crippen molar-refractivity contribution in [2.24, 2.45) is 0 Å². The van der Waals surface area contributed by atoms with Crippen LogP contribution in [0.4, 0.5) is 5.69 Å². The summed E-state index contributed by atoms with van der Waals surface area (Å²) in [6, 6.07) is 4.06. The first-order chi connectivity index (χ1) is 7.54. The number of rotatable bonds is 5. The number of benzene rings is 1. The van der Waals surface area contributed by atoms with Gasteiger partial charge in [0.2, 0.25) is 0 Å². The Bertz CT molecular complexity index is 383. The van der Waals surface area contributed by atoms with E-state index in [1.807, 2.05) is 6.92 Å². The summed E-state index contributed by atoms with van der Waals surface area (Å²) in [4.78, 5) is 10.0. The predicted molar refractivity (Wildman–Crippen MR) is 60.1 cm³/mol. The van der Waals surface area contributed by atoms with Gasteiger partial charge in [-0.1, -0.05) is 11.6 Å². The molecule has 0 aliphatic carbocycles. The summed E-state index contributed by atoms with van der Waals surface area (Å²) in [5.41, 5.74) is -0.0514. The summed E-state index contributed by atoms with van der Waals surface area (Å²) in [6.45, 7) is 2.11. The van der Waals surface area contributed by atoms with Crippen LogP contribution in [0.25, 0.3) is 0 Å². The molecular formula is C10H12ClNO4. The van der Waals surface area contributed by atoms with Crippen LogP contribution in [0, 0.1) is 10.1 Å². The molecule has 0 fully saturated rings. The van der Waals surface area contributed by atoms with Gasteiger partial charge in [0.25, 0.3) is 5.69 Å². The maximum absolute atomic E-state index is 10.5. The third-order valence-electron chi connectivity index (χ3n) is 2.00. The van der Waals surface area contributed by atoms with Gasteiger partial charge in [-0.25, -0.2) is 0 Å². The van der Waals surface area contributed by atoms with Crippen LogP contribution in [-0.4, -0.2) is 24.7 Å². The second-order valence-corrected chi connectivity index (χ2v) is 3.64. The molecule has 5 nitrogen and oxygen atoms in total. The summed E-state index contributed by atoms with van der Waals surface area (Å²) in [6.07, 6.45) is -0.102. The Morgan fingerprint density at radius 2 is 2.25 bits per heavy atom. The van der Waals surface area contributed by atoms with Crippen molar-refractivity contribution < 1.29 is 14.4 Å². The smallest absolute Gasteiger partial charge is 0.273 e. The van der Waals surface area contributed by atoms with Crippen molar-refractivity contribution in [1.82, 2.24) is 0 Å². The highest BCUT2D eigenvalue weighted by Crippen LogP contribution is 2.28. The lowest BCUT2D eigenvalue weighted by molar-refractivity contribution is -0.384. The Hall–Kier alpha value is -1.33. The fourth-order valence-electron chi connectivity index (χ4n) is 0.991. The second kappa shape index (κ2) is 5.67. The molecule has 1 unspecified atom stereocenters. The highest BCUT2D eigenvalue weighted by molar-refractivity contribution is 6.32. The maximum atomic E-state index is 10.5. The number of non-ortho nitro benzene ring substituents is 1. The van der Waals surface area contributed by atoms with Crippen LogP contribution in [0.3, 0.4) is 0 Å². The molecule has 1 rings (SSSR count). The standard InChI is InChI=1S/C10H12ClNO4/c1-7(15-2)6-16-10-5-8(12(13)14)3-4-9(10)11/h3-5,7H,6H2,1-2H3. The van der Waals surface area contributed by atoms with Crippen LogP contribution in [0.5, 0.6) is 5.75 Å². The third-order valence-corrected chi connectivity index (χ3v) is 2.31. The van der Waals surface area contributed by atoms with Gasteiger partial charge in [0.05, 0.1) is 22.1 Å². The normalized spacial score (nSPS) is 12.2. The number of halogens is 1. The largest absolute Gasteiger partial charge is 0.489 e. The Morgan fingerprint density at radius 1 is 1.56 bits per heavy atom. The van der Waals surface area contributed by atoms with Crippen LogP contribution in [0.2, 0.25) is 5.02 Å². The van der Waals surface area contributed by atoms with Crippen LogP contribution in [0.15, 0.2) is 18.2 Å². The molecule has 1 atom stereocenters. The van der Waals surface area contributed by atoms with Crippen LogP contribution >= 0.6 is 11.6 Å². The Balaban J connectivity index is 2.78. The first-order valence-corrected chi connectivity index (χ1v) is 5.02. The topological polar surface area (TPSA) is 61.6 Å². The van der Waals surface area contributed by atoms with E-state index in [0.717, 1.165) is 0 Å². The quantitative estimate of drug-likeness (QED) is 0.591. The van der Waals surface area contributed by atoms with Gasteiger partial charge in [0.15, 0.2) is 0 Å².